The number of allylic oxidation sites excluding steroid dienone is 5. The lowest BCUT2D eigenvalue weighted by Gasteiger charge is -1.97. The van der Waals surface area contributed by atoms with Gasteiger partial charge in [0.15, 0.2) is 0 Å². The summed E-state index contributed by atoms with van der Waals surface area (Å²) >= 11 is 5.78. The molecule has 2 N–H and O–H groups in total. The Morgan fingerprint density at radius 1 is 1.53 bits per heavy atom. The summed E-state index contributed by atoms with van der Waals surface area (Å²) in [6, 6.07) is 0. The number of halogens is 1. The summed E-state index contributed by atoms with van der Waals surface area (Å²) in [4.78, 5) is 0. The van der Waals surface area contributed by atoms with E-state index < -0.39 is 0 Å². The minimum absolute atomic E-state index is 0.558. The maximum atomic E-state index is 5.78. The minimum Gasteiger partial charge on any atom is -0.330 e. The summed E-state index contributed by atoms with van der Waals surface area (Å²) in [6.07, 6.45) is 15.0. The second-order valence-corrected chi connectivity index (χ2v) is 3.47. The van der Waals surface area contributed by atoms with Crippen molar-refractivity contribution in [3.05, 3.63) is 35.5 Å². The van der Waals surface area contributed by atoms with E-state index in [0.29, 0.717) is 12.4 Å². The molecule has 0 amide bonds. The summed E-state index contributed by atoms with van der Waals surface area (Å²) in [6.45, 7) is 2.57. The highest BCUT2D eigenvalue weighted by molar-refractivity contribution is 6.19. The van der Waals surface area contributed by atoms with E-state index in [2.05, 4.69) is 12.0 Å². The molecule has 0 atom stereocenters. The summed E-state index contributed by atoms with van der Waals surface area (Å²) < 4.78 is 0. The first-order valence-electron chi connectivity index (χ1n) is 4.98. The van der Waals surface area contributed by atoms with Crippen LogP contribution in [0.3, 0.4) is 0 Å². The smallest absolute Gasteiger partial charge is 0.0436 e. The van der Waals surface area contributed by atoms with Crippen LogP contribution < -0.4 is 5.73 Å². The van der Waals surface area contributed by atoms with Crippen molar-refractivity contribution < 1.29 is 0 Å². The van der Waals surface area contributed by atoms with E-state index in [1.54, 1.807) is 0 Å². The fraction of sp³-hybridized carbons (Fsp3) is 0.385. The number of hydrogen-bond acceptors (Lipinski definition) is 1. The maximum Gasteiger partial charge on any atom is 0.0436 e. The molecular weight excluding hydrogens is 206 g/mol. The van der Waals surface area contributed by atoms with E-state index in [9.17, 15) is 0 Å². The molecule has 0 saturated heterocycles. The molecule has 0 aliphatic carbocycles. The van der Waals surface area contributed by atoms with Crippen molar-refractivity contribution >= 4 is 11.6 Å². The highest BCUT2D eigenvalue weighted by Crippen LogP contribution is 2.06. The zero-order valence-corrected chi connectivity index (χ0v) is 9.93. The molecule has 0 radical (unpaired) electrons. The van der Waals surface area contributed by atoms with Gasteiger partial charge in [-0.25, -0.2) is 0 Å². The monoisotopic (exact) mass is 223 g/mol. The Bertz CT molecular complexity index is 292. The summed E-state index contributed by atoms with van der Waals surface area (Å²) in [5.74, 6) is 3.11. The van der Waals surface area contributed by atoms with Crippen molar-refractivity contribution in [1.82, 2.24) is 0 Å². The third kappa shape index (κ3) is 8.05. The van der Waals surface area contributed by atoms with Gasteiger partial charge in [0.05, 0.1) is 0 Å². The van der Waals surface area contributed by atoms with Crippen molar-refractivity contribution in [3.8, 4) is 12.3 Å². The molecule has 82 valence electrons. The maximum absolute atomic E-state index is 5.78. The third-order valence-corrected chi connectivity index (χ3v) is 2.20. The molecule has 0 bridgehead atoms. The van der Waals surface area contributed by atoms with Gasteiger partial charge in [-0.3, -0.25) is 0 Å². The first kappa shape index (κ1) is 14.0. The van der Waals surface area contributed by atoms with Gasteiger partial charge in [-0.05, 0) is 31.9 Å². The van der Waals surface area contributed by atoms with Crippen LogP contribution >= 0.6 is 11.6 Å². The largest absolute Gasteiger partial charge is 0.330 e. The minimum atomic E-state index is 0.558. The Morgan fingerprint density at radius 3 is 2.80 bits per heavy atom. The zero-order valence-electron chi connectivity index (χ0n) is 9.17. The molecule has 0 aliphatic heterocycles. The number of hydrogen-bond donors (Lipinski definition) is 1. The quantitative estimate of drug-likeness (QED) is 0.319. The number of rotatable bonds is 6. The molecule has 0 aromatic rings. The Balaban J connectivity index is 4.07. The summed E-state index contributed by atoms with van der Waals surface area (Å²) in [5.41, 5.74) is 7.53. The molecule has 0 rings (SSSR count). The van der Waals surface area contributed by atoms with Crippen LogP contribution in [-0.2, 0) is 0 Å². The van der Waals surface area contributed by atoms with Crippen LogP contribution in [0.25, 0.3) is 0 Å². The zero-order chi connectivity index (χ0) is 11.5. The van der Waals surface area contributed by atoms with Gasteiger partial charge in [0.1, 0.15) is 0 Å². The van der Waals surface area contributed by atoms with Crippen LogP contribution in [0.1, 0.15) is 19.8 Å². The topological polar surface area (TPSA) is 26.0 Å². The fourth-order valence-corrected chi connectivity index (χ4v) is 1.18. The molecule has 2 heteroatoms. The molecule has 0 aromatic heterocycles. The van der Waals surface area contributed by atoms with Crippen LogP contribution in [0, 0.1) is 12.3 Å². The SMILES string of the molecule is C#C/C(C)=C\C=C/C/C(=C/CCN)CCl. The van der Waals surface area contributed by atoms with E-state index in [-0.39, 0.29) is 0 Å². The van der Waals surface area contributed by atoms with Crippen molar-refractivity contribution in [2.24, 2.45) is 5.73 Å². The van der Waals surface area contributed by atoms with Crippen molar-refractivity contribution in [2.45, 2.75) is 19.8 Å². The fourth-order valence-electron chi connectivity index (χ4n) is 0.960. The Kier molecular flexibility index (Phi) is 8.96. The van der Waals surface area contributed by atoms with Crippen molar-refractivity contribution in [1.29, 1.82) is 0 Å². The van der Waals surface area contributed by atoms with E-state index in [1.807, 2.05) is 25.2 Å². The van der Waals surface area contributed by atoms with Gasteiger partial charge in [0.25, 0.3) is 0 Å². The Labute approximate surface area is 97.7 Å². The van der Waals surface area contributed by atoms with E-state index in [4.69, 9.17) is 23.8 Å². The van der Waals surface area contributed by atoms with Crippen molar-refractivity contribution in [3.63, 3.8) is 0 Å². The van der Waals surface area contributed by atoms with Crippen LogP contribution in [0.15, 0.2) is 35.5 Å². The van der Waals surface area contributed by atoms with Gasteiger partial charge >= 0.3 is 0 Å². The summed E-state index contributed by atoms with van der Waals surface area (Å²) in [7, 11) is 0. The van der Waals surface area contributed by atoms with Gasteiger partial charge in [0.2, 0.25) is 0 Å². The Morgan fingerprint density at radius 2 is 2.27 bits per heavy atom. The van der Waals surface area contributed by atoms with E-state index in [0.717, 1.165) is 18.4 Å². The van der Waals surface area contributed by atoms with Crippen molar-refractivity contribution in [2.75, 3.05) is 12.4 Å². The van der Waals surface area contributed by atoms with E-state index in [1.165, 1.54) is 5.57 Å². The standard InChI is InChI=1S/C13H18ClN/c1-3-12(2)7-4-5-8-13(11-14)9-6-10-15/h1,4-5,7,9H,6,8,10-11,15H2,2H3/b5-4-,12-7-,13-9-. The molecule has 0 unspecified atom stereocenters. The van der Waals surface area contributed by atoms with Crippen LogP contribution in [-0.4, -0.2) is 12.4 Å². The normalized spacial score (nSPS) is 13.2. The Hall–Kier alpha value is -0.970. The predicted molar refractivity (Wildman–Crippen MR) is 68.8 cm³/mol. The predicted octanol–water partition coefficient (Wildman–Crippen LogP) is 3.03. The van der Waals surface area contributed by atoms with E-state index >= 15 is 0 Å². The second-order valence-electron chi connectivity index (χ2n) is 3.20. The number of alkyl halides is 1. The molecule has 15 heavy (non-hydrogen) atoms. The van der Waals surface area contributed by atoms with Gasteiger partial charge < -0.3 is 5.73 Å². The summed E-state index contributed by atoms with van der Waals surface area (Å²) in [5, 5.41) is 0. The highest BCUT2D eigenvalue weighted by Gasteiger charge is 1.90. The van der Waals surface area contributed by atoms with Gasteiger partial charge in [-0.15, -0.1) is 18.0 Å². The lowest BCUT2D eigenvalue weighted by atomic mass is 10.1. The number of terminal acetylenes is 1. The first-order chi connectivity index (χ1) is 7.24. The average Bonchev–Trinajstić information content (AvgIpc) is 2.27. The molecular formula is C13H18ClN. The molecule has 0 aromatic carbocycles. The average molecular weight is 224 g/mol. The van der Waals surface area contributed by atoms with Gasteiger partial charge in [-0.2, -0.15) is 0 Å². The van der Waals surface area contributed by atoms with Gasteiger partial charge in [0, 0.05) is 5.88 Å². The lowest BCUT2D eigenvalue weighted by molar-refractivity contribution is 0.987. The molecule has 1 nitrogen and oxygen atoms in total. The van der Waals surface area contributed by atoms with Gasteiger partial charge in [-0.1, -0.05) is 35.8 Å². The lowest BCUT2D eigenvalue weighted by Crippen LogP contribution is -1.96. The second kappa shape index (κ2) is 9.58. The third-order valence-electron chi connectivity index (χ3n) is 1.86. The molecule has 0 fully saturated rings. The molecule has 0 heterocycles. The molecule has 0 aliphatic rings. The van der Waals surface area contributed by atoms with Crippen LogP contribution in [0.2, 0.25) is 0 Å². The van der Waals surface area contributed by atoms with Crippen LogP contribution in [0.4, 0.5) is 0 Å². The molecule has 0 saturated carbocycles. The first-order valence-corrected chi connectivity index (χ1v) is 5.52. The molecule has 0 spiro atoms. The van der Waals surface area contributed by atoms with Crippen LogP contribution in [0.5, 0.6) is 0 Å². The highest BCUT2D eigenvalue weighted by atomic mass is 35.5. The number of nitrogens with two attached hydrogens (primary N) is 1.